The third-order valence-electron chi connectivity index (χ3n) is 5.26. The van der Waals surface area contributed by atoms with E-state index in [1.807, 2.05) is 0 Å². The molecule has 3 aliphatic heterocycles. The molecule has 6 N–H and O–H groups in total. The minimum atomic E-state index is -1.26. The summed E-state index contributed by atoms with van der Waals surface area (Å²) in [4.78, 5) is 20.0. The van der Waals surface area contributed by atoms with Gasteiger partial charge in [0.05, 0.1) is 12.9 Å². The van der Waals surface area contributed by atoms with E-state index in [2.05, 4.69) is 9.98 Å². The number of imidazole rings is 1. The second-order valence-electron chi connectivity index (χ2n) is 6.82. The summed E-state index contributed by atoms with van der Waals surface area (Å²) in [5.74, 6) is -0.574. The van der Waals surface area contributed by atoms with Crippen LogP contribution < -0.4 is 5.73 Å². The van der Waals surface area contributed by atoms with Crippen LogP contribution in [0, 0.1) is 0 Å². The number of aliphatic hydroxyl groups is 3. The molecule has 2 fully saturated rings. The highest BCUT2D eigenvalue weighted by atomic mass is 16.6. The Balaban J connectivity index is 1.60. The largest absolute Gasteiger partial charge is 0.480 e. The zero-order valence-electron chi connectivity index (χ0n) is 14.4. The molecule has 3 unspecified atom stereocenters. The Morgan fingerprint density at radius 2 is 2.15 bits per heavy atom. The van der Waals surface area contributed by atoms with Crippen LogP contribution in [0.25, 0.3) is 0 Å². The Bertz CT molecular complexity index is 755. The zero-order valence-corrected chi connectivity index (χ0v) is 14.4. The minimum absolute atomic E-state index is 0.347. The van der Waals surface area contributed by atoms with Crippen molar-refractivity contribution in [2.75, 3.05) is 13.2 Å². The lowest BCUT2D eigenvalue weighted by molar-refractivity contribution is -0.147. The predicted molar refractivity (Wildman–Crippen MR) is 89.5 cm³/mol. The van der Waals surface area contributed by atoms with Gasteiger partial charge in [-0.05, 0) is 12.8 Å². The summed E-state index contributed by atoms with van der Waals surface area (Å²) in [6.45, 7) is 0.106. The van der Waals surface area contributed by atoms with Gasteiger partial charge in [0.2, 0.25) is 0 Å². The maximum atomic E-state index is 11.4. The van der Waals surface area contributed by atoms with Crippen LogP contribution in [-0.2, 0) is 9.53 Å². The maximum absolute atomic E-state index is 11.4. The van der Waals surface area contributed by atoms with Crippen LogP contribution in [0.4, 0.5) is 5.82 Å². The highest BCUT2D eigenvalue weighted by Gasteiger charge is 2.45. The summed E-state index contributed by atoms with van der Waals surface area (Å²) in [7, 11) is 0. The molecular weight excluding hydrogens is 360 g/mol. The van der Waals surface area contributed by atoms with E-state index in [1.54, 1.807) is 10.0 Å². The Morgan fingerprint density at radius 1 is 1.37 bits per heavy atom. The van der Waals surface area contributed by atoms with E-state index in [4.69, 9.17) is 10.5 Å². The number of hydrazine groups is 1. The Hall–Kier alpha value is -2.09. The molecule has 3 aliphatic rings. The van der Waals surface area contributed by atoms with Gasteiger partial charge in [-0.15, -0.1) is 0 Å². The highest BCUT2D eigenvalue weighted by Crippen LogP contribution is 2.38. The first-order valence-corrected chi connectivity index (χ1v) is 8.70. The molecule has 0 bridgehead atoms. The van der Waals surface area contributed by atoms with Gasteiger partial charge < -0.3 is 30.9 Å². The van der Waals surface area contributed by atoms with Crippen molar-refractivity contribution < 1.29 is 30.0 Å². The van der Waals surface area contributed by atoms with E-state index in [0.717, 1.165) is 6.42 Å². The van der Waals surface area contributed by atoms with Crippen LogP contribution in [0.5, 0.6) is 0 Å². The molecule has 0 amide bonds. The Labute approximate surface area is 154 Å². The first-order chi connectivity index (χ1) is 12.9. The molecular formula is C15H22N6O6. The molecule has 4 rings (SSSR count). The van der Waals surface area contributed by atoms with Crippen molar-refractivity contribution in [1.29, 1.82) is 0 Å². The lowest BCUT2D eigenvalue weighted by Gasteiger charge is -2.38. The average molecular weight is 382 g/mol. The standard InChI is InChI=1S/C15H22N6O6/c16-12-9-13(18-6-21(12)20-3-1-2-7(20)15(25)26)19(5-17-9)14-11(24)10(23)8(4-22)27-14/h5-8,10-12,14,22-24H,1-4,16H2,(H,25,26)/t7-,8+,10?,11?,12?,14+/m1/s1. The molecule has 0 radical (unpaired) electrons. The highest BCUT2D eigenvalue weighted by molar-refractivity contribution is 5.74. The topological polar surface area (TPSA) is 170 Å². The number of rotatable bonds is 4. The van der Waals surface area contributed by atoms with Crippen LogP contribution in [-0.4, -0.2) is 89.8 Å². The summed E-state index contributed by atoms with van der Waals surface area (Å²) < 4.78 is 6.96. The third-order valence-corrected chi connectivity index (χ3v) is 5.26. The summed E-state index contributed by atoms with van der Waals surface area (Å²) in [6.07, 6.45) is -1.05. The van der Waals surface area contributed by atoms with Crippen LogP contribution >= 0.6 is 0 Å². The molecule has 1 aromatic rings. The number of hydrogen-bond donors (Lipinski definition) is 5. The maximum Gasteiger partial charge on any atom is 0.322 e. The van der Waals surface area contributed by atoms with E-state index in [-0.39, 0.29) is 0 Å². The zero-order chi connectivity index (χ0) is 19.3. The van der Waals surface area contributed by atoms with Crippen molar-refractivity contribution in [2.45, 2.75) is 49.6 Å². The van der Waals surface area contributed by atoms with Gasteiger partial charge in [-0.2, -0.15) is 0 Å². The van der Waals surface area contributed by atoms with Crippen LogP contribution in [0.3, 0.4) is 0 Å². The molecule has 6 atom stereocenters. The molecule has 148 valence electrons. The number of carboxylic acid groups (broad SMARTS) is 1. The van der Waals surface area contributed by atoms with Gasteiger partial charge in [0.15, 0.2) is 12.0 Å². The third kappa shape index (κ3) is 2.81. The van der Waals surface area contributed by atoms with Gasteiger partial charge in [-0.1, -0.05) is 0 Å². The fourth-order valence-electron chi connectivity index (χ4n) is 3.82. The number of fused-ring (bicyclic) bond motifs is 1. The van der Waals surface area contributed by atoms with Gasteiger partial charge in [0.1, 0.15) is 42.6 Å². The number of ether oxygens (including phenoxy) is 1. The fourth-order valence-corrected chi connectivity index (χ4v) is 3.82. The molecule has 2 saturated heterocycles. The van der Waals surface area contributed by atoms with E-state index in [1.165, 1.54) is 17.2 Å². The van der Waals surface area contributed by atoms with Gasteiger partial charge in [0, 0.05) is 6.54 Å². The quantitative estimate of drug-likeness (QED) is 0.388. The molecule has 4 heterocycles. The summed E-state index contributed by atoms with van der Waals surface area (Å²) >= 11 is 0. The van der Waals surface area contributed by atoms with Crippen LogP contribution in [0.2, 0.25) is 0 Å². The number of aliphatic carboxylic acids is 1. The lowest BCUT2D eigenvalue weighted by atomic mass is 10.1. The second kappa shape index (κ2) is 6.82. The molecule has 12 nitrogen and oxygen atoms in total. The SMILES string of the molecule is NC1c2ncn([C@H]3O[C@@H](CO)C(O)C3O)c2N=CN1N1CCC[C@@H]1C(=O)O. The molecule has 0 spiro atoms. The number of carbonyl (C=O) groups is 1. The number of nitrogens with zero attached hydrogens (tertiary/aromatic N) is 5. The molecule has 1 aromatic heterocycles. The smallest absolute Gasteiger partial charge is 0.322 e. The van der Waals surface area contributed by atoms with Gasteiger partial charge in [-0.3, -0.25) is 14.4 Å². The molecule has 27 heavy (non-hydrogen) atoms. The van der Waals surface area contributed by atoms with Gasteiger partial charge >= 0.3 is 5.97 Å². The molecule has 12 heteroatoms. The van der Waals surface area contributed by atoms with E-state index in [9.17, 15) is 25.2 Å². The fraction of sp³-hybridized carbons (Fsp3) is 0.667. The summed E-state index contributed by atoms with van der Waals surface area (Å²) in [5.41, 5.74) is 6.69. The number of aromatic nitrogens is 2. The van der Waals surface area contributed by atoms with E-state index < -0.39 is 49.3 Å². The monoisotopic (exact) mass is 382 g/mol. The summed E-state index contributed by atoms with van der Waals surface area (Å²) in [6, 6.07) is -0.674. The minimum Gasteiger partial charge on any atom is -0.480 e. The van der Waals surface area contributed by atoms with Crippen molar-refractivity contribution >= 4 is 18.1 Å². The van der Waals surface area contributed by atoms with E-state index in [0.29, 0.717) is 24.5 Å². The number of aliphatic imine (C=N–C) groups is 1. The first kappa shape index (κ1) is 18.3. The van der Waals surface area contributed by atoms with Gasteiger partial charge in [-0.25, -0.2) is 15.0 Å². The van der Waals surface area contributed by atoms with E-state index >= 15 is 0 Å². The number of nitrogens with two attached hydrogens (primary N) is 1. The van der Waals surface area contributed by atoms with Crippen LogP contribution in [0.1, 0.15) is 30.9 Å². The molecule has 0 aromatic carbocycles. The lowest BCUT2D eigenvalue weighted by Crippen LogP contribution is -2.52. The van der Waals surface area contributed by atoms with Crippen molar-refractivity contribution in [2.24, 2.45) is 10.7 Å². The number of carboxylic acids is 1. The molecule has 0 saturated carbocycles. The van der Waals surface area contributed by atoms with Crippen molar-refractivity contribution in [1.82, 2.24) is 19.6 Å². The number of aliphatic hydroxyl groups excluding tert-OH is 3. The predicted octanol–water partition coefficient (Wildman–Crippen LogP) is -2.11. The van der Waals surface area contributed by atoms with Crippen molar-refractivity contribution in [3.63, 3.8) is 0 Å². The average Bonchev–Trinajstić information content (AvgIpc) is 3.35. The first-order valence-electron chi connectivity index (χ1n) is 8.70. The molecule has 0 aliphatic carbocycles. The Morgan fingerprint density at radius 3 is 2.81 bits per heavy atom. The van der Waals surface area contributed by atoms with Gasteiger partial charge in [0.25, 0.3) is 0 Å². The summed E-state index contributed by atoms with van der Waals surface area (Å²) in [5, 5.41) is 42.0. The normalized spacial score (nSPS) is 36.4. The van der Waals surface area contributed by atoms with Crippen molar-refractivity contribution in [3.8, 4) is 0 Å². The Kier molecular flexibility index (Phi) is 4.61. The van der Waals surface area contributed by atoms with Crippen molar-refractivity contribution in [3.05, 3.63) is 12.0 Å². The number of hydrogen-bond acceptors (Lipinski definition) is 10. The second-order valence-corrected chi connectivity index (χ2v) is 6.82. The van der Waals surface area contributed by atoms with Crippen LogP contribution in [0.15, 0.2) is 11.3 Å².